The molecule has 0 aliphatic rings. The lowest BCUT2D eigenvalue weighted by Crippen LogP contribution is -2.41. The first kappa shape index (κ1) is 18.1. The van der Waals surface area contributed by atoms with E-state index < -0.39 is 12.0 Å². The van der Waals surface area contributed by atoms with Crippen LogP contribution >= 0.6 is 15.9 Å². The summed E-state index contributed by atoms with van der Waals surface area (Å²) in [6.07, 6.45) is 0.235. The van der Waals surface area contributed by atoms with Gasteiger partial charge in [-0.25, -0.2) is 9.78 Å². The van der Waals surface area contributed by atoms with E-state index in [1.165, 1.54) is 7.11 Å². The highest BCUT2D eigenvalue weighted by Gasteiger charge is 2.24. The zero-order valence-corrected chi connectivity index (χ0v) is 15.7. The van der Waals surface area contributed by atoms with E-state index in [1.807, 2.05) is 48.5 Å². The summed E-state index contributed by atoms with van der Waals surface area (Å²) in [5, 5.41) is 4.22. The standard InChI is InChI=1S/C20H17BrN2O3/c1-12(21)11-17(20(25)26-2)23-19(24)18-13-7-3-5-9-15(13)22-16-10-6-4-8-14(16)18/h3-10,17H,1,11H2,2H3,(H,23,24)/t17-/m0/s1. The maximum atomic E-state index is 13.1. The summed E-state index contributed by atoms with van der Waals surface area (Å²) in [6.45, 7) is 3.74. The van der Waals surface area contributed by atoms with Crippen molar-refractivity contribution in [3.8, 4) is 0 Å². The van der Waals surface area contributed by atoms with Crippen LogP contribution in [0.25, 0.3) is 21.8 Å². The lowest BCUT2D eigenvalue weighted by atomic mass is 10.0. The van der Waals surface area contributed by atoms with E-state index >= 15 is 0 Å². The molecule has 0 unspecified atom stereocenters. The Balaban J connectivity index is 2.11. The van der Waals surface area contributed by atoms with Gasteiger partial charge in [0.2, 0.25) is 0 Å². The minimum Gasteiger partial charge on any atom is -0.467 e. The minimum absolute atomic E-state index is 0.235. The molecule has 5 nitrogen and oxygen atoms in total. The average molecular weight is 413 g/mol. The Bertz CT molecular complexity index is 962. The predicted octanol–water partition coefficient (Wildman–Crippen LogP) is 3.96. The van der Waals surface area contributed by atoms with Crippen LogP contribution in [0.1, 0.15) is 16.8 Å². The Hall–Kier alpha value is -2.73. The molecular formula is C20H17BrN2O3. The van der Waals surface area contributed by atoms with Crippen molar-refractivity contribution in [2.45, 2.75) is 12.5 Å². The third-order valence-electron chi connectivity index (χ3n) is 4.03. The summed E-state index contributed by atoms with van der Waals surface area (Å²) in [6, 6.07) is 14.0. The third-order valence-corrected chi connectivity index (χ3v) is 4.36. The normalized spacial score (nSPS) is 11.9. The summed E-state index contributed by atoms with van der Waals surface area (Å²) in [5.74, 6) is -0.884. The van der Waals surface area contributed by atoms with Gasteiger partial charge in [-0.1, -0.05) is 58.9 Å². The van der Waals surface area contributed by atoms with Crippen molar-refractivity contribution in [2.75, 3.05) is 7.11 Å². The van der Waals surface area contributed by atoms with Gasteiger partial charge in [-0.2, -0.15) is 0 Å². The van der Waals surface area contributed by atoms with Gasteiger partial charge in [0.1, 0.15) is 6.04 Å². The Morgan fingerprint density at radius 2 is 1.65 bits per heavy atom. The zero-order chi connectivity index (χ0) is 18.7. The van der Waals surface area contributed by atoms with E-state index in [1.54, 1.807) is 0 Å². The number of carbonyl (C=O) groups excluding carboxylic acids is 2. The molecule has 1 N–H and O–H groups in total. The highest BCUT2D eigenvalue weighted by molar-refractivity contribution is 9.11. The molecule has 3 rings (SSSR count). The van der Waals surface area contributed by atoms with Crippen molar-refractivity contribution < 1.29 is 14.3 Å². The average Bonchev–Trinajstić information content (AvgIpc) is 2.64. The van der Waals surface area contributed by atoms with Crippen LogP contribution in [-0.4, -0.2) is 30.0 Å². The lowest BCUT2D eigenvalue weighted by molar-refractivity contribution is -0.142. The number of aromatic nitrogens is 1. The number of nitrogens with one attached hydrogen (secondary N) is 1. The van der Waals surface area contributed by atoms with Crippen LogP contribution in [0, 0.1) is 0 Å². The first-order valence-electron chi connectivity index (χ1n) is 8.00. The largest absolute Gasteiger partial charge is 0.467 e. The number of fused-ring (bicyclic) bond motifs is 2. The van der Waals surface area contributed by atoms with Gasteiger partial charge in [-0.15, -0.1) is 0 Å². The van der Waals surface area contributed by atoms with Gasteiger partial charge in [0, 0.05) is 17.2 Å². The van der Waals surface area contributed by atoms with Crippen LogP contribution in [0.4, 0.5) is 0 Å². The molecule has 0 spiro atoms. The number of benzene rings is 2. The molecule has 0 radical (unpaired) electrons. The minimum atomic E-state index is -0.829. The van der Waals surface area contributed by atoms with Crippen LogP contribution in [0.3, 0.4) is 0 Å². The monoisotopic (exact) mass is 412 g/mol. The molecule has 0 bridgehead atoms. The quantitative estimate of drug-likeness (QED) is 0.508. The van der Waals surface area contributed by atoms with E-state index in [0.29, 0.717) is 10.0 Å². The van der Waals surface area contributed by atoms with Crippen molar-refractivity contribution in [3.63, 3.8) is 0 Å². The number of esters is 1. The second-order valence-corrected chi connectivity index (χ2v) is 6.91. The molecule has 3 aromatic rings. The molecule has 1 heterocycles. The van der Waals surface area contributed by atoms with Gasteiger partial charge in [0.05, 0.1) is 23.7 Å². The summed E-state index contributed by atoms with van der Waals surface area (Å²) in [4.78, 5) is 29.7. The number of halogens is 1. The summed E-state index contributed by atoms with van der Waals surface area (Å²) in [7, 11) is 1.29. The van der Waals surface area contributed by atoms with Gasteiger partial charge in [0.25, 0.3) is 5.91 Å². The molecule has 1 amide bonds. The Morgan fingerprint density at radius 1 is 1.12 bits per heavy atom. The molecule has 0 fully saturated rings. The molecule has 6 heteroatoms. The Morgan fingerprint density at radius 3 is 2.15 bits per heavy atom. The molecule has 1 aromatic heterocycles. The van der Waals surface area contributed by atoms with Gasteiger partial charge >= 0.3 is 5.97 Å². The summed E-state index contributed by atoms with van der Waals surface area (Å²) < 4.78 is 5.39. The van der Waals surface area contributed by atoms with E-state index in [4.69, 9.17) is 4.74 Å². The van der Waals surface area contributed by atoms with Crippen LogP contribution in [0.5, 0.6) is 0 Å². The fourth-order valence-electron chi connectivity index (χ4n) is 2.87. The Kier molecular flexibility index (Phi) is 5.32. The van der Waals surface area contributed by atoms with Crippen LogP contribution < -0.4 is 5.32 Å². The number of ether oxygens (including phenoxy) is 1. The van der Waals surface area contributed by atoms with E-state index in [9.17, 15) is 9.59 Å². The second kappa shape index (κ2) is 7.66. The van der Waals surface area contributed by atoms with E-state index in [0.717, 1.165) is 21.8 Å². The summed E-state index contributed by atoms with van der Waals surface area (Å²) >= 11 is 3.23. The fourth-order valence-corrected chi connectivity index (χ4v) is 3.20. The molecule has 0 saturated heterocycles. The zero-order valence-electron chi connectivity index (χ0n) is 14.2. The molecule has 26 heavy (non-hydrogen) atoms. The van der Waals surface area contributed by atoms with Gasteiger partial charge < -0.3 is 10.1 Å². The van der Waals surface area contributed by atoms with Crippen molar-refractivity contribution in [3.05, 3.63) is 65.2 Å². The number of hydrogen-bond donors (Lipinski definition) is 1. The molecule has 2 aromatic carbocycles. The number of methoxy groups -OCH3 is 1. The molecule has 0 aliphatic heterocycles. The summed E-state index contributed by atoms with van der Waals surface area (Å²) in [5.41, 5.74) is 1.92. The highest BCUT2D eigenvalue weighted by atomic mass is 79.9. The van der Waals surface area contributed by atoms with Gasteiger partial charge in [0.15, 0.2) is 0 Å². The highest BCUT2D eigenvalue weighted by Crippen LogP contribution is 2.26. The third kappa shape index (κ3) is 3.60. The van der Waals surface area contributed by atoms with Crippen molar-refractivity contribution in [1.82, 2.24) is 10.3 Å². The molecule has 0 saturated carbocycles. The van der Waals surface area contributed by atoms with Gasteiger partial charge in [-0.3, -0.25) is 4.79 Å². The molecular weight excluding hydrogens is 396 g/mol. The molecule has 132 valence electrons. The number of nitrogens with zero attached hydrogens (tertiary/aromatic N) is 1. The number of rotatable bonds is 5. The maximum absolute atomic E-state index is 13.1. The maximum Gasteiger partial charge on any atom is 0.328 e. The number of carbonyl (C=O) groups is 2. The first-order chi connectivity index (χ1) is 12.5. The van der Waals surface area contributed by atoms with Crippen LogP contribution in [0.15, 0.2) is 59.6 Å². The Labute approximate surface area is 159 Å². The number of amides is 1. The topological polar surface area (TPSA) is 68.3 Å². The number of pyridine rings is 1. The first-order valence-corrected chi connectivity index (χ1v) is 8.80. The van der Waals surface area contributed by atoms with Gasteiger partial charge in [-0.05, 0) is 16.6 Å². The van der Waals surface area contributed by atoms with E-state index in [-0.39, 0.29) is 12.3 Å². The molecule has 1 atom stereocenters. The second-order valence-electron chi connectivity index (χ2n) is 5.79. The lowest BCUT2D eigenvalue weighted by Gasteiger charge is -2.17. The van der Waals surface area contributed by atoms with Crippen LogP contribution in [0.2, 0.25) is 0 Å². The van der Waals surface area contributed by atoms with Crippen LogP contribution in [-0.2, 0) is 9.53 Å². The SMILES string of the molecule is C=C(Br)C[C@H](NC(=O)c1c2ccccc2nc2ccccc12)C(=O)OC. The fraction of sp³-hybridized carbons (Fsp3) is 0.150. The number of para-hydroxylation sites is 2. The van der Waals surface area contributed by atoms with Crippen molar-refractivity contribution in [2.24, 2.45) is 0 Å². The number of hydrogen-bond acceptors (Lipinski definition) is 4. The van der Waals surface area contributed by atoms with E-state index in [2.05, 4.69) is 32.8 Å². The smallest absolute Gasteiger partial charge is 0.328 e. The molecule has 0 aliphatic carbocycles. The van der Waals surface area contributed by atoms with Crippen molar-refractivity contribution >= 4 is 49.6 Å². The predicted molar refractivity (Wildman–Crippen MR) is 105 cm³/mol. The van der Waals surface area contributed by atoms with Crippen molar-refractivity contribution in [1.29, 1.82) is 0 Å².